The predicted molar refractivity (Wildman–Crippen MR) is 116 cm³/mol. The third kappa shape index (κ3) is 5.47. The average Bonchev–Trinajstić information content (AvgIpc) is 3.03. The average molecular weight is 463 g/mol. The second-order valence-electron chi connectivity index (χ2n) is 7.55. The summed E-state index contributed by atoms with van der Waals surface area (Å²) in [5, 5.41) is 0.651. The maximum atomic E-state index is 13.3. The minimum Gasteiger partial charge on any atom is -0.497 e. The fraction of sp³-hybridized carbons (Fsp3) is 0.333. The van der Waals surface area contributed by atoms with Gasteiger partial charge in [-0.2, -0.15) is 0 Å². The van der Waals surface area contributed by atoms with Crippen molar-refractivity contribution in [1.29, 1.82) is 0 Å². The van der Waals surface area contributed by atoms with Gasteiger partial charge in [0.25, 0.3) is 5.91 Å². The van der Waals surface area contributed by atoms with Gasteiger partial charge in [0, 0.05) is 16.6 Å². The Morgan fingerprint density at radius 1 is 1.06 bits per heavy atom. The molecule has 1 heterocycles. The fourth-order valence-corrected chi connectivity index (χ4v) is 3.50. The molecule has 0 spiro atoms. The number of rotatable bonds is 7. The lowest BCUT2D eigenvalue weighted by molar-refractivity contribution is -0.274. The van der Waals surface area contributed by atoms with Gasteiger partial charge in [-0.05, 0) is 68.3 Å². The van der Waals surface area contributed by atoms with Gasteiger partial charge in [-0.25, -0.2) is 0 Å². The van der Waals surface area contributed by atoms with Crippen LogP contribution in [-0.4, -0.2) is 36.0 Å². The molecule has 9 heteroatoms. The largest absolute Gasteiger partial charge is 0.573 e. The normalized spacial score (nSPS) is 12.5. The van der Waals surface area contributed by atoms with Crippen molar-refractivity contribution in [3.8, 4) is 11.5 Å². The Morgan fingerprint density at radius 2 is 1.70 bits per heavy atom. The number of halogens is 3. The number of fused-ring (bicyclic) bond motifs is 1. The molecule has 1 unspecified atom stereocenters. The molecule has 0 aliphatic rings. The molecular weight excluding hydrogens is 439 g/mol. The van der Waals surface area contributed by atoms with Crippen molar-refractivity contribution in [2.24, 2.45) is 0 Å². The van der Waals surface area contributed by atoms with E-state index in [1.54, 1.807) is 32.0 Å². The first-order chi connectivity index (χ1) is 15.5. The molecule has 1 atom stereocenters. The van der Waals surface area contributed by atoms with Gasteiger partial charge in [-0.3, -0.25) is 14.2 Å². The lowest BCUT2D eigenvalue weighted by Crippen LogP contribution is -2.18. The zero-order valence-corrected chi connectivity index (χ0v) is 18.7. The lowest BCUT2D eigenvalue weighted by Gasteiger charge is -2.11. The van der Waals surface area contributed by atoms with Gasteiger partial charge in [-0.1, -0.05) is 6.92 Å². The molecule has 33 heavy (non-hydrogen) atoms. The molecule has 176 valence electrons. The van der Waals surface area contributed by atoms with Crippen molar-refractivity contribution in [3.05, 3.63) is 59.3 Å². The number of methoxy groups -OCH3 is 1. The highest BCUT2D eigenvalue weighted by atomic mass is 19.4. The predicted octanol–water partition coefficient (Wildman–Crippen LogP) is 5.43. The SMILES string of the molecule is CCC(C)OC(=O)Cc1c(C)n(C(=O)c2ccc(OC(F)(F)F)cc2)c2ccc(OC)cc12. The number of carbonyl (C=O) groups is 2. The monoisotopic (exact) mass is 463 g/mol. The van der Waals surface area contributed by atoms with Gasteiger partial charge >= 0.3 is 12.3 Å². The number of benzene rings is 2. The van der Waals surface area contributed by atoms with Crippen molar-refractivity contribution in [3.63, 3.8) is 0 Å². The Balaban J connectivity index is 2.02. The Hall–Kier alpha value is -3.49. The van der Waals surface area contributed by atoms with E-state index in [1.165, 1.54) is 23.8 Å². The molecule has 1 aromatic heterocycles. The maximum absolute atomic E-state index is 13.3. The number of aromatic nitrogens is 1. The molecule has 2 aromatic carbocycles. The first-order valence-corrected chi connectivity index (χ1v) is 10.3. The van der Waals surface area contributed by atoms with E-state index in [0.717, 1.165) is 12.1 Å². The van der Waals surface area contributed by atoms with Crippen molar-refractivity contribution in [2.45, 2.75) is 46.1 Å². The van der Waals surface area contributed by atoms with Crippen LogP contribution in [0.15, 0.2) is 42.5 Å². The summed E-state index contributed by atoms with van der Waals surface area (Å²) in [5.41, 5.74) is 1.84. The van der Waals surface area contributed by atoms with Crippen LogP contribution in [0.1, 0.15) is 41.9 Å². The zero-order valence-electron chi connectivity index (χ0n) is 18.7. The molecule has 0 saturated carbocycles. The Labute approximate surface area is 188 Å². The molecule has 3 rings (SSSR count). The van der Waals surface area contributed by atoms with Crippen LogP contribution >= 0.6 is 0 Å². The molecule has 3 aromatic rings. The summed E-state index contributed by atoms with van der Waals surface area (Å²) in [6.07, 6.45) is -4.43. The van der Waals surface area contributed by atoms with E-state index in [1.807, 2.05) is 6.92 Å². The summed E-state index contributed by atoms with van der Waals surface area (Å²) in [7, 11) is 1.51. The molecule has 0 amide bonds. The fourth-order valence-electron chi connectivity index (χ4n) is 3.50. The summed E-state index contributed by atoms with van der Waals surface area (Å²) in [6.45, 7) is 5.41. The van der Waals surface area contributed by atoms with Crippen molar-refractivity contribution in [2.75, 3.05) is 7.11 Å². The molecule has 6 nitrogen and oxygen atoms in total. The minimum absolute atomic E-state index is 0.0432. The van der Waals surface area contributed by atoms with E-state index in [-0.39, 0.29) is 18.1 Å². The second kappa shape index (κ2) is 9.56. The van der Waals surface area contributed by atoms with Crippen LogP contribution in [0.2, 0.25) is 0 Å². The molecule has 0 radical (unpaired) electrons. The molecule has 0 fully saturated rings. The van der Waals surface area contributed by atoms with Crippen molar-refractivity contribution >= 4 is 22.8 Å². The number of hydrogen-bond donors (Lipinski definition) is 0. The van der Waals surface area contributed by atoms with Gasteiger partial charge < -0.3 is 14.2 Å². The zero-order chi connectivity index (χ0) is 24.3. The third-order valence-corrected chi connectivity index (χ3v) is 5.31. The van der Waals surface area contributed by atoms with Crippen molar-refractivity contribution in [1.82, 2.24) is 4.57 Å². The number of nitrogens with zero attached hydrogens (tertiary/aromatic N) is 1. The highest BCUT2D eigenvalue weighted by molar-refractivity contribution is 6.05. The third-order valence-electron chi connectivity index (χ3n) is 5.31. The van der Waals surface area contributed by atoms with Gasteiger partial charge in [0.2, 0.25) is 0 Å². The lowest BCUT2D eigenvalue weighted by atomic mass is 10.1. The molecular formula is C24H24F3NO5. The highest BCUT2D eigenvalue weighted by Gasteiger charge is 2.31. The van der Waals surface area contributed by atoms with Gasteiger partial charge in [0.1, 0.15) is 11.5 Å². The van der Waals surface area contributed by atoms with Gasteiger partial charge in [0.05, 0.1) is 25.2 Å². The van der Waals surface area contributed by atoms with E-state index in [0.29, 0.717) is 34.3 Å². The summed E-state index contributed by atoms with van der Waals surface area (Å²) in [6, 6.07) is 9.80. The summed E-state index contributed by atoms with van der Waals surface area (Å²) in [5.74, 6) is -0.748. The number of alkyl halides is 3. The van der Waals surface area contributed by atoms with Crippen LogP contribution in [-0.2, 0) is 16.0 Å². The van der Waals surface area contributed by atoms with Crippen LogP contribution < -0.4 is 9.47 Å². The topological polar surface area (TPSA) is 66.8 Å². The van der Waals surface area contributed by atoms with Crippen LogP contribution in [0.3, 0.4) is 0 Å². The summed E-state index contributed by atoms with van der Waals surface area (Å²) >= 11 is 0. The Kier molecular flexibility index (Phi) is 7.00. The molecule has 0 saturated heterocycles. The number of esters is 1. The van der Waals surface area contributed by atoms with Crippen LogP contribution in [0.25, 0.3) is 10.9 Å². The Bertz CT molecular complexity index is 1170. The van der Waals surface area contributed by atoms with Crippen LogP contribution in [0, 0.1) is 6.92 Å². The molecule has 0 aliphatic heterocycles. The smallest absolute Gasteiger partial charge is 0.497 e. The Morgan fingerprint density at radius 3 is 2.27 bits per heavy atom. The van der Waals surface area contributed by atoms with Crippen LogP contribution in [0.4, 0.5) is 13.2 Å². The maximum Gasteiger partial charge on any atom is 0.573 e. The molecule has 0 N–H and O–H groups in total. The van der Waals surface area contributed by atoms with Gasteiger partial charge in [-0.15, -0.1) is 13.2 Å². The summed E-state index contributed by atoms with van der Waals surface area (Å²) < 4.78 is 53.3. The van der Waals surface area contributed by atoms with E-state index in [2.05, 4.69) is 4.74 Å². The highest BCUT2D eigenvalue weighted by Crippen LogP contribution is 2.31. The van der Waals surface area contributed by atoms with Crippen molar-refractivity contribution < 1.29 is 37.0 Å². The standard InChI is InChI=1S/C24H24F3NO5/c1-5-14(2)32-22(29)13-19-15(3)28(21-11-10-18(31-4)12-20(19)21)23(30)16-6-8-17(9-7-16)33-24(25,26)27/h6-12,14H,5,13H2,1-4H3. The molecule has 0 aliphatic carbocycles. The van der Waals surface area contributed by atoms with E-state index in [9.17, 15) is 22.8 Å². The van der Waals surface area contributed by atoms with E-state index < -0.39 is 24.0 Å². The minimum atomic E-state index is -4.82. The number of carbonyl (C=O) groups excluding carboxylic acids is 2. The van der Waals surface area contributed by atoms with Gasteiger partial charge in [0.15, 0.2) is 0 Å². The number of hydrogen-bond acceptors (Lipinski definition) is 5. The van der Waals surface area contributed by atoms with Crippen LogP contribution in [0.5, 0.6) is 11.5 Å². The van der Waals surface area contributed by atoms with E-state index in [4.69, 9.17) is 9.47 Å². The first-order valence-electron chi connectivity index (χ1n) is 10.3. The quantitative estimate of drug-likeness (QED) is 0.437. The first kappa shape index (κ1) is 24.2. The second-order valence-corrected chi connectivity index (χ2v) is 7.55. The summed E-state index contributed by atoms with van der Waals surface area (Å²) in [4.78, 5) is 25.8. The number of ether oxygens (including phenoxy) is 3. The molecule has 0 bridgehead atoms. The van der Waals surface area contributed by atoms with E-state index >= 15 is 0 Å².